The van der Waals surface area contributed by atoms with E-state index >= 15 is 0 Å². The number of carbonyl (C=O) groups excluding carboxylic acids is 1. The van der Waals surface area contributed by atoms with Gasteiger partial charge in [0.15, 0.2) is 0 Å². The zero-order valence-corrected chi connectivity index (χ0v) is 13.7. The topological polar surface area (TPSA) is 64.3 Å². The first-order chi connectivity index (χ1) is 11.0. The summed E-state index contributed by atoms with van der Waals surface area (Å²) in [5.74, 6) is 0.735. The number of ether oxygens (including phenoxy) is 1. The molecule has 0 aromatic heterocycles. The summed E-state index contributed by atoms with van der Waals surface area (Å²) in [6.07, 6.45) is 0.163. The highest BCUT2D eigenvalue weighted by Gasteiger charge is 2.12. The molecule has 2 atom stereocenters. The van der Waals surface area contributed by atoms with Crippen molar-refractivity contribution in [3.63, 3.8) is 0 Å². The molecule has 2 unspecified atom stereocenters. The Morgan fingerprint density at radius 3 is 2.43 bits per heavy atom. The fourth-order valence-corrected chi connectivity index (χ4v) is 2.24. The molecular weight excluding hydrogens is 288 g/mol. The van der Waals surface area contributed by atoms with Crippen molar-refractivity contribution in [2.45, 2.75) is 32.4 Å². The van der Waals surface area contributed by atoms with Crippen molar-refractivity contribution in [3.05, 3.63) is 65.7 Å². The summed E-state index contributed by atoms with van der Waals surface area (Å²) < 4.78 is 5.76. The number of amides is 1. The van der Waals surface area contributed by atoms with E-state index < -0.39 is 0 Å². The van der Waals surface area contributed by atoms with Crippen molar-refractivity contribution in [3.8, 4) is 5.75 Å². The van der Waals surface area contributed by atoms with Gasteiger partial charge >= 0.3 is 0 Å². The minimum Gasteiger partial charge on any atom is -0.489 e. The van der Waals surface area contributed by atoms with Gasteiger partial charge in [-0.05, 0) is 31.5 Å². The van der Waals surface area contributed by atoms with Crippen LogP contribution in [-0.2, 0) is 4.79 Å². The zero-order chi connectivity index (χ0) is 16.7. The minimum atomic E-state index is -0.287. The maximum absolute atomic E-state index is 12.0. The van der Waals surface area contributed by atoms with Gasteiger partial charge in [0.25, 0.3) is 0 Å². The molecule has 0 aliphatic rings. The van der Waals surface area contributed by atoms with Gasteiger partial charge in [0.1, 0.15) is 11.9 Å². The first-order valence-electron chi connectivity index (χ1n) is 7.85. The molecule has 0 heterocycles. The van der Waals surface area contributed by atoms with Crippen LogP contribution in [-0.4, -0.2) is 18.6 Å². The third-order valence-electron chi connectivity index (χ3n) is 3.58. The number of nitrogens with two attached hydrogens (primary N) is 1. The minimum absolute atomic E-state index is 0.0688. The van der Waals surface area contributed by atoms with Crippen molar-refractivity contribution >= 4 is 5.91 Å². The summed E-state index contributed by atoms with van der Waals surface area (Å²) in [5.41, 5.74) is 8.20. The van der Waals surface area contributed by atoms with E-state index in [1.807, 2.05) is 68.4 Å². The Balaban J connectivity index is 1.74. The second-order valence-electron chi connectivity index (χ2n) is 5.77. The first kappa shape index (κ1) is 17.0. The van der Waals surface area contributed by atoms with E-state index in [9.17, 15) is 4.79 Å². The van der Waals surface area contributed by atoms with Crippen LogP contribution in [0.2, 0.25) is 0 Å². The van der Waals surface area contributed by atoms with Crippen LogP contribution < -0.4 is 15.8 Å². The highest BCUT2D eigenvalue weighted by atomic mass is 16.5. The van der Waals surface area contributed by atoms with Crippen LogP contribution in [0.3, 0.4) is 0 Å². The van der Waals surface area contributed by atoms with Crippen molar-refractivity contribution in [2.24, 2.45) is 5.73 Å². The number of benzene rings is 2. The van der Waals surface area contributed by atoms with E-state index in [0.29, 0.717) is 6.54 Å². The summed E-state index contributed by atoms with van der Waals surface area (Å²) >= 11 is 0. The molecule has 4 heteroatoms. The number of aryl methyl sites for hydroxylation is 1. The fourth-order valence-electron chi connectivity index (χ4n) is 2.24. The normalized spacial score (nSPS) is 13.2. The van der Waals surface area contributed by atoms with E-state index in [0.717, 1.165) is 11.3 Å². The highest BCUT2D eigenvalue weighted by Crippen LogP contribution is 2.14. The highest BCUT2D eigenvalue weighted by molar-refractivity contribution is 5.76. The Bertz CT molecular complexity index is 611. The van der Waals surface area contributed by atoms with Gasteiger partial charge in [-0.3, -0.25) is 4.79 Å². The maximum atomic E-state index is 12.0. The molecule has 0 fully saturated rings. The Kier molecular flexibility index (Phi) is 6.18. The van der Waals surface area contributed by atoms with Gasteiger partial charge in [-0.25, -0.2) is 0 Å². The van der Waals surface area contributed by atoms with Gasteiger partial charge in [0.2, 0.25) is 5.91 Å². The molecule has 23 heavy (non-hydrogen) atoms. The lowest BCUT2D eigenvalue weighted by Crippen LogP contribution is -2.35. The van der Waals surface area contributed by atoms with E-state index in [4.69, 9.17) is 10.5 Å². The molecule has 2 aromatic rings. The molecule has 4 nitrogen and oxygen atoms in total. The van der Waals surface area contributed by atoms with Crippen LogP contribution in [0.15, 0.2) is 54.6 Å². The maximum Gasteiger partial charge on any atom is 0.222 e. The van der Waals surface area contributed by atoms with Crippen molar-refractivity contribution < 1.29 is 9.53 Å². The predicted molar refractivity (Wildman–Crippen MR) is 92.3 cm³/mol. The standard InChI is InChI=1S/C19H24N2O2/c1-14-8-10-17(11-9-14)23-15(2)13-21-19(22)12-18(20)16-6-4-3-5-7-16/h3-11,15,18H,12-13,20H2,1-2H3,(H,21,22). The number of hydrogen-bond acceptors (Lipinski definition) is 3. The van der Waals surface area contributed by atoms with Gasteiger partial charge < -0.3 is 15.8 Å². The monoisotopic (exact) mass is 312 g/mol. The molecule has 0 saturated carbocycles. The lowest BCUT2D eigenvalue weighted by Gasteiger charge is -2.17. The lowest BCUT2D eigenvalue weighted by molar-refractivity contribution is -0.121. The molecule has 1 amide bonds. The van der Waals surface area contributed by atoms with Crippen LogP contribution in [0, 0.1) is 6.92 Å². The van der Waals surface area contributed by atoms with E-state index in [1.165, 1.54) is 5.56 Å². The van der Waals surface area contributed by atoms with Gasteiger partial charge in [-0.2, -0.15) is 0 Å². The lowest BCUT2D eigenvalue weighted by atomic mass is 10.0. The Morgan fingerprint density at radius 1 is 1.13 bits per heavy atom. The van der Waals surface area contributed by atoms with Gasteiger partial charge in [-0.1, -0.05) is 48.0 Å². The van der Waals surface area contributed by atoms with Crippen LogP contribution in [0.25, 0.3) is 0 Å². The predicted octanol–water partition coefficient (Wildman–Crippen LogP) is 2.97. The van der Waals surface area contributed by atoms with E-state index in [1.54, 1.807) is 0 Å². The average molecular weight is 312 g/mol. The Labute approximate surface area is 137 Å². The fraction of sp³-hybridized carbons (Fsp3) is 0.316. The summed E-state index contributed by atoms with van der Waals surface area (Å²) in [6.45, 7) is 4.41. The van der Waals surface area contributed by atoms with E-state index in [2.05, 4.69) is 5.32 Å². The molecule has 0 saturated heterocycles. The van der Waals surface area contributed by atoms with Crippen molar-refractivity contribution in [2.75, 3.05) is 6.54 Å². The smallest absolute Gasteiger partial charge is 0.222 e. The molecule has 122 valence electrons. The number of hydrogen-bond donors (Lipinski definition) is 2. The van der Waals surface area contributed by atoms with Crippen molar-refractivity contribution in [1.29, 1.82) is 0 Å². The van der Waals surface area contributed by atoms with Crippen LogP contribution >= 0.6 is 0 Å². The summed E-state index contributed by atoms with van der Waals surface area (Å²) in [6, 6.07) is 17.2. The Hall–Kier alpha value is -2.33. The zero-order valence-electron chi connectivity index (χ0n) is 13.7. The molecule has 0 aliphatic carbocycles. The molecule has 0 aliphatic heterocycles. The molecule has 2 aromatic carbocycles. The Morgan fingerprint density at radius 2 is 1.78 bits per heavy atom. The van der Waals surface area contributed by atoms with Gasteiger partial charge in [0, 0.05) is 12.5 Å². The number of nitrogens with one attached hydrogen (secondary N) is 1. The summed E-state index contributed by atoms with van der Waals surface area (Å²) in [7, 11) is 0. The van der Waals surface area contributed by atoms with Crippen LogP contribution in [0.5, 0.6) is 5.75 Å². The second kappa shape index (κ2) is 8.34. The summed E-state index contributed by atoms with van der Waals surface area (Å²) in [5, 5.41) is 2.87. The first-order valence-corrected chi connectivity index (χ1v) is 7.85. The number of carbonyl (C=O) groups is 1. The molecule has 0 spiro atoms. The van der Waals surface area contributed by atoms with Crippen molar-refractivity contribution in [1.82, 2.24) is 5.32 Å². The van der Waals surface area contributed by atoms with Gasteiger partial charge in [-0.15, -0.1) is 0 Å². The average Bonchev–Trinajstić information content (AvgIpc) is 2.56. The second-order valence-corrected chi connectivity index (χ2v) is 5.77. The summed E-state index contributed by atoms with van der Waals surface area (Å²) in [4.78, 5) is 12.0. The molecule has 0 radical (unpaired) electrons. The molecular formula is C19H24N2O2. The SMILES string of the molecule is Cc1ccc(OC(C)CNC(=O)CC(N)c2ccccc2)cc1. The van der Waals surface area contributed by atoms with Crippen LogP contribution in [0.4, 0.5) is 0 Å². The van der Waals surface area contributed by atoms with Gasteiger partial charge in [0.05, 0.1) is 6.54 Å². The quantitative estimate of drug-likeness (QED) is 0.826. The molecule has 2 rings (SSSR count). The van der Waals surface area contributed by atoms with Crippen LogP contribution in [0.1, 0.15) is 30.5 Å². The molecule has 3 N–H and O–H groups in total. The third-order valence-corrected chi connectivity index (χ3v) is 3.58. The number of rotatable bonds is 7. The van der Waals surface area contributed by atoms with E-state index in [-0.39, 0.29) is 24.5 Å². The molecule has 0 bridgehead atoms. The largest absolute Gasteiger partial charge is 0.489 e. The third kappa shape index (κ3) is 5.75.